The van der Waals surface area contributed by atoms with Crippen LogP contribution in [0.3, 0.4) is 0 Å². The SMILES string of the molecule is C=C(C)C(=O)OCCCCCC(CC)CC. The third-order valence-electron chi connectivity index (χ3n) is 2.99. The average Bonchev–Trinajstić information content (AvgIpc) is 2.27. The fourth-order valence-corrected chi connectivity index (χ4v) is 1.70. The second kappa shape index (κ2) is 9.44. The van der Waals surface area contributed by atoms with Gasteiger partial charge in [0.25, 0.3) is 0 Å². The number of hydrogen-bond acceptors (Lipinski definition) is 2. The van der Waals surface area contributed by atoms with Crippen LogP contribution < -0.4 is 0 Å². The van der Waals surface area contributed by atoms with E-state index in [9.17, 15) is 4.79 Å². The van der Waals surface area contributed by atoms with Crippen molar-refractivity contribution in [2.45, 2.75) is 59.3 Å². The normalized spacial score (nSPS) is 10.5. The minimum Gasteiger partial charge on any atom is -0.462 e. The smallest absolute Gasteiger partial charge is 0.333 e. The molecule has 0 N–H and O–H groups in total. The van der Waals surface area contributed by atoms with Gasteiger partial charge in [-0.25, -0.2) is 4.79 Å². The van der Waals surface area contributed by atoms with Gasteiger partial charge >= 0.3 is 5.97 Å². The van der Waals surface area contributed by atoms with Crippen LogP contribution in [0.1, 0.15) is 59.3 Å². The molecule has 0 aliphatic carbocycles. The molecule has 0 aromatic heterocycles. The van der Waals surface area contributed by atoms with Crippen molar-refractivity contribution in [1.82, 2.24) is 0 Å². The number of unbranched alkanes of at least 4 members (excludes halogenated alkanes) is 2. The van der Waals surface area contributed by atoms with Crippen LogP contribution >= 0.6 is 0 Å². The fraction of sp³-hybridized carbons (Fsp3) is 0.786. The highest BCUT2D eigenvalue weighted by molar-refractivity contribution is 5.86. The Balaban J connectivity index is 3.34. The molecule has 0 heterocycles. The van der Waals surface area contributed by atoms with E-state index in [4.69, 9.17) is 4.74 Å². The quantitative estimate of drug-likeness (QED) is 0.336. The van der Waals surface area contributed by atoms with E-state index in [1.54, 1.807) is 6.92 Å². The van der Waals surface area contributed by atoms with Crippen molar-refractivity contribution >= 4 is 5.97 Å². The first-order chi connectivity index (χ1) is 7.61. The molecule has 0 atom stereocenters. The summed E-state index contributed by atoms with van der Waals surface area (Å²) in [5.74, 6) is 0.609. The Morgan fingerprint density at radius 2 is 1.81 bits per heavy atom. The summed E-state index contributed by atoms with van der Waals surface area (Å²) < 4.78 is 5.02. The van der Waals surface area contributed by atoms with E-state index in [0.717, 1.165) is 18.8 Å². The van der Waals surface area contributed by atoms with Crippen molar-refractivity contribution in [1.29, 1.82) is 0 Å². The zero-order valence-corrected chi connectivity index (χ0v) is 11.1. The molecule has 0 bridgehead atoms. The summed E-state index contributed by atoms with van der Waals surface area (Å²) in [5.41, 5.74) is 0.483. The molecule has 0 aliphatic rings. The molecule has 2 nitrogen and oxygen atoms in total. The topological polar surface area (TPSA) is 26.3 Å². The summed E-state index contributed by atoms with van der Waals surface area (Å²) in [6, 6.07) is 0. The Morgan fingerprint density at radius 1 is 1.19 bits per heavy atom. The first kappa shape index (κ1) is 15.2. The minimum absolute atomic E-state index is 0.264. The Hall–Kier alpha value is -0.790. The molecule has 0 radical (unpaired) electrons. The fourth-order valence-electron chi connectivity index (χ4n) is 1.70. The van der Waals surface area contributed by atoms with Crippen LogP contribution in [0.4, 0.5) is 0 Å². The summed E-state index contributed by atoms with van der Waals surface area (Å²) in [7, 11) is 0. The molecule has 0 aliphatic heterocycles. The third kappa shape index (κ3) is 7.49. The molecule has 0 aromatic rings. The standard InChI is InChI=1S/C14H26O2/c1-5-13(6-2)10-8-7-9-11-16-14(15)12(3)4/h13H,3,5-11H2,1-2,4H3. The van der Waals surface area contributed by atoms with Gasteiger partial charge in [0.2, 0.25) is 0 Å². The summed E-state index contributed by atoms with van der Waals surface area (Å²) in [4.78, 5) is 11.1. The van der Waals surface area contributed by atoms with Gasteiger partial charge in [-0.3, -0.25) is 0 Å². The summed E-state index contributed by atoms with van der Waals surface area (Å²) in [6.45, 7) is 10.3. The highest BCUT2D eigenvalue weighted by Crippen LogP contribution is 2.16. The van der Waals surface area contributed by atoms with E-state index < -0.39 is 0 Å². The molecule has 0 saturated heterocycles. The predicted octanol–water partition coefficient (Wildman–Crippen LogP) is 4.10. The molecule has 94 valence electrons. The van der Waals surface area contributed by atoms with E-state index in [0.29, 0.717) is 12.2 Å². The van der Waals surface area contributed by atoms with Crippen LogP contribution in [0.25, 0.3) is 0 Å². The number of carbonyl (C=O) groups is 1. The summed E-state index contributed by atoms with van der Waals surface area (Å²) >= 11 is 0. The van der Waals surface area contributed by atoms with Gasteiger partial charge in [-0.2, -0.15) is 0 Å². The molecule has 0 unspecified atom stereocenters. The molecule has 16 heavy (non-hydrogen) atoms. The van der Waals surface area contributed by atoms with E-state index >= 15 is 0 Å². The van der Waals surface area contributed by atoms with E-state index in [1.807, 2.05) is 0 Å². The van der Waals surface area contributed by atoms with Crippen LogP contribution in [0.5, 0.6) is 0 Å². The molecule has 0 aromatic carbocycles. The molecular formula is C14H26O2. The molecule has 0 saturated carbocycles. The lowest BCUT2D eigenvalue weighted by atomic mass is 9.96. The number of hydrogen-bond donors (Lipinski definition) is 0. The monoisotopic (exact) mass is 226 g/mol. The van der Waals surface area contributed by atoms with Crippen molar-refractivity contribution in [2.24, 2.45) is 5.92 Å². The number of rotatable bonds is 9. The summed E-state index contributed by atoms with van der Waals surface area (Å²) in [5, 5.41) is 0. The largest absolute Gasteiger partial charge is 0.462 e. The van der Waals surface area contributed by atoms with Gasteiger partial charge in [0, 0.05) is 5.57 Å². The maximum absolute atomic E-state index is 11.1. The van der Waals surface area contributed by atoms with Crippen molar-refractivity contribution < 1.29 is 9.53 Å². The van der Waals surface area contributed by atoms with Crippen molar-refractivity contribution in [3.63, 3.8) is 0 Å². The molecule has 0 amide bonds. The molecule has 0 fully saturated rings. The Labute approximate surface area is 100 Å². The van der Waals surface area contributed by atoms with Crippen LogP contribution in [0.2, 0.25) is 0 Å². The van der Waals surface area contributed by atoms with E-state index in [1.165, 1.54) is 25.7 Å². The molecule has 0 spiro atoms. The zero-order chi connectivity index (χ0) is 12.4. The minimum atomic E-state index is -0.264. The van der Waals surface area contributed by atoms with Crippen LogP contribution in [-0.2, 0) is 9.53 Å². The first-order valence-electron chi connectivity index (χ1n) is 6.44. The summed E-state index contributed by atoms with van der Waals surface area (Å²) in [6.07, 6.45) is 7.24. The lowest BCUT2D eigenvalue weighted by Crippen LogP contribution is -2.06. The van der Waals surface area contributed by atoms with Gasteiger partial charge in [-0.15, -0.1) is 0 Å². The maximum Gasteiger partial charge on any atom is 0.333 e. The number of carbonyl (C=O) groups excluding carboxylic acids is 1. The first-order valence-corrected chi connectivity index (χ1v) is 6.44. The van der Waals surface area contributed by atoms with Gasteiger partial charge in [0.05, 0.1) is 6.61 Å². The lowest BCUT2D eigenvalue weighted by molar-refractivity contribution is -0.139. The molecular weight excluding hydrogens is 200 g/mol. The Kier molecular flexibility index (Phi) is 8.97. The molecule has 0 rings (SSSR count). The van der Waals surface area contributed by atoms with Crippen LogP contribution in [0.15, 0.2) is 12.2 Å². The predicted molar refractivity (Wildman–Crippen MR) is 68.3 cm³/mol. The van der Waals surface area contributed by atoms with Gasteiger partial charge in [-0.1, -0.05) is 52.5 Å². The van der Waals surface area contributed by atoms with Crippen molar-refractivity contribution in [2.75, 3.05) is 6.61 Å². The van der Waals surface area contributed by atoms with Crippen LogP contribution in [0, 0.1) is 5.92 Å². The second-order valence-electron chi connectivity index (χ2n) is 4.45. The van der Waals surface area contributed by atoms with Crippen molar-refractivity contribution in [3.8, 4) is 0 Å². The van der Waals surface area contributed by atoms with Gasteiger partial charge in [-0.05, 0) is 19.3 Å². The number of ether oxygens (including phenoxy) is 1. The Morgan fingerprint density at radius 3 is 2.31 bits per heavy atom. The maximum atomic E-state index is 11.1. The van der Waals surface area contributed by atoms with Gasteiger partial charge in [0.15, 0.2) is 0 Å². The second-order valence-corrected chi connectivity index (χ2v) is 4.45. The van der Waals surface area contributed by atoms with E-state index in [-0.39, 0.29) is 5.97 Å². The van der Waals surface area contributed by atoms with Crippen molar-refractivity contribution in [3.05, 3.63) is 12.2 Å². The van der Waals surface area contributed by atoms with E-state index in [2.05, 4.69) is 20.4 Å². The van der Waals surface area contributed by atoms with Crippen LogP contribution in [-0.4, -0.2) is 12.6 Å². The number of esters is 1. The highest BCUT2D eigenvalue weighted by atomic mass is 16.5. The average molecular weight is 226 g/mol. The van der Waals surface area contributed by atoms with Gasteiger partial charge in [0.1, 0.15) is 0 Å². The van der Waals surface area contributed by atoms with Gasteiger partial charge < -0.3 is 4.74 Å². The highest BCUT2D eigenvalue weighted by Gasteiger charge is 2.04. The molecule has 2 heteroatoms. The Bertz CT molecular complexity index is 205. The third-order valence-corrected chi connectivity index (χ3v) is 2.99. The zero-order valence-electron chi connectivity index (χ0n) is 11.1. The lowest BCUT2D eigenvalue weighted by Gasteiger charge is -2.11.